The van der Waals surface area contributed by atoms with E-state index in [9.17, 15) is 14.4 Å². The zero-order valence-corrected chi connectivity index (χ0v) is 10.1. The number of carbonyl (C=O) groups is 3. The largest absolute Gasteiger partial charge is 0.323 e. The molecule has 0 aromatic heterocycles. The lowest BCUT2D eigenvalue weighted by Crippen LogP contribution is -2.49. The van der Waals surface area contributed by atoms with Crippen molar-refractivity contribution >= 4 is 46.7 Å². The van der Waals surface area contributed by atoms with Crippen molar-refractivity contribution in [2.75, 3.05) is 5.32 Å². The summed E-state index contributed by atoms with van der Waals surface area (Å²) in [5.74, 6) is -1.37. The molecule has 1 atom stereocenters. The third kappa shape index (κ3) is 1.21. The molecule has 0 radical (unpaired) electrons. The zero-order valence-electron chi connectivity index (χ0n) is 8.64. The van der Waals surface area contributed by atoms with Gasteiger partial charge in [0, 0.05) is 11.3 Å². The first-order chi connectivity index (χ1) is 8.45. The van der Waals surface area contributed by atoms with Crippen molar-refractivity contribution in [1.29, 1.82) is 0 Å². The number of hydrogen-bond acceptors (Lipinski definition) is 3. The number of anilines is 1. The lowest BCUT2D eigenvalue weighted by atomic mass is 9.91. The maximum absolute atomic E-state index is 12.0. The molecule has 0 aliphatic carbocycles. The Hall–Kier alpha value is -1.79. The summed E-state index contributed by atoms with van der Waals surface area (Å²) in [4.78, 5) is 35.0. The number of amides is 4. The van der Waals surface area contributed by atoms with E-state index < -0.39 is 23.4 Å². The molecule has 1 spiro atoms. The van der Waals surface area contributed by atoms with E-state index in [0.717, 1.165) is 0 Å². The predicted octanol–water partition coefficient (Wildman–Crippen LogP) is 0.980. The van der Waals surface area contributed by atoms with E-state index in [4.69, 9.17) is 23.2 Å². The molecule has 1 aromatic rings. The molecule has 2 aliphatic heterocycles. The molecule has 92 valence electrons. The molecule has 1 aromatic carbocycles. The van der Waals surface area contributed by atoms with Gasteiger partial charge in [-0.05, 0) is 12.1 Å². The molecule has 0 bridgehead atoms. The van der Waals surface area contributed by atoms with Crippen LogP contribution < -0.4 is 16.0 Å². The van der Waals surface area contributed by atoms with E-state index in [1.807, 2.05) is 5.32 Å². The molecule has 3 rings (SSSR count). The smallest absolute Gasteiger partial charge is 0.323 e. The average molecular weight is 286 g/mol. The van der Waals surface area contributed by atoms with Crippen LogP contribution >= 0.6 is 23.2 Å². The Morgan fingerprint density at radius 3 is 2.17 bits per heavy atom. The van der Waals surface area contributed by atoms with Crippen molar-refractivity contribution in [3.63, 3.8) is 0 Å². The van der Waals surface area contributed by atoms with E-state index in [-0.39, 0.29) is 15.6 Å². The van der Waals surface area contributed by atoms with Gasteiger partial charge in [-0.15, -0.1) is 0 Å². The zero-order chi connectivity index (χ0) is 13.1. The molecule has 6 nitrogen and oxygen atoms in total. The number of imide groups is 1. The van der Waals surface area contributed by atoms with Gasteiger partial charge in [0.05, 0.1) is 10.0 Å². The number of hydrogen-bond donors (Lipinski definition) is 3. The van der Waals surface area contributed by atoms with Gasteiger partial charge in [0.2, 0.25) is 5.54 Å². The van der Waals surface area contributed by atoms with Crippen LogP contribution in [0.4, 0.5) is 10.5 Å². The van der Waals surface area contributed by atoms with Gasteiger partial charge in [-0.2, -0.15) is 0 Å². The summed E-state index contributed by atoms with van der Waals surface area (Å²) in [5, 5.41) is 7.28. The summed E-state index contributed by atoms with van der Waals surface area (Å²) in [6.45, 7) is 0. The third-order valence-electron chi connectivity index (χ3n) is 2.92. The molecule has 2 heterocycles. The average Bonchev–Trinajstić information content (AvgIpc) is 2.71. The van der Waals surface area contributed by atoms with Crippen LogP contribution in [-0.2, 0) is 15.1 Å². The molecule has 1 saturated heterocycles. The summed E-state index contributed by atoms with van der Waals surface area (Å²) in [5.41, 5.74) is -1.11. The van der Waals surface area contributed by atoms with Gasteiger partial charge in [0.15, 0.2) is 0 Å². The Bertz CT molecular complexity index is 631. The lowest BCUT2D eigenvalue weighted by molar-refractivity contribution is -0.132. The highest BCUT2D eigenvalue weighted by atomic mass is 35.5. The fraction of sp³-hybridized carbons (Fsp3) is 0.100. The summed E-state index contributed by atoms with van der Waals surface area (Å²) < 4.78 is 0. The SMILES string of the molecule is O=C1NC(=O)C2(N1)C(=O)Nc1cc(Cl)c(Cl)cc12. The fourth-order valence-corrected chi connectivity index (χ4v) is 2.43. The maximum Gasteiger partial charge on any atom is 0.323 e. The molecule has 0 saturated carbocycles. The maximum atomic E-state index is 12.0. The number of carbonyl (C=O) groups excluding carboxylic acids is 3. The number of nitrogens with one attached hydrogen (secondary N) is 3. The van der Waals surface area contributed by atoms with Gasteiger partial charge < -0.3 is 10.6 Å². The number of halogens is 2. The Labute approximate surface area is 111 Å². The van der Waals surface area contributed by atoms with Crippen LogP contribution in [-0.4, -0.2) is 17.8 Å². The van der Waals surface area contributed by atoms with Crippen LogP contribution in [0.25, 0.3) is 0 Å². The highest BCUT2D eigenvalue weighted by Crippen LogP contribution is 2.41. The van der Waals surface area contributed by atoms with Crippen LogP contribution in [0.1, 0.15) is 5.56 Å². The van der Waals surface area contributed by atoms with Crippen molar-refractivity contribution in [3.8, 4) is 0 Å². The summed E-state index contributed by atoms with van der Waals surface area (Å²) >= 11 is 11.7. The third-order valence-corrected chi connectivity index (χ3v) is 3.64. The Balaban J connectivity index is 2.27. The Morgan fingerprint density at radius 2 is 1.56 bits per heavy atom. The van der Waals surface area contributed by atoms with Crippen molar-refractivity contribution in [1.82, 2.24) is 10.6 Å². The molecule has 3 N–H and O–H groups in total. The quantitative estimate of drug-likeness (QED) is 0.491. The number of urea groups is 1. The van der Waals surface area contributed by atoms with E-state index in [0.29, 0.717) is 5.69 Å². The molecule has 4 amide bonds. The Kier molecular flexibility index (Phi) is 2.11. The molecule has 1 unspecified atom stereocenters. The van der Waals surface area contributed by atoms with Gasteiger partial charge in [-0.25, -0.2) is 4.79 Å². The first-order valence-corrected chi connectivity index (χ1v) is 5.65. The summed E-state index contributed by atoms with van der Waals surface area (Å²) in [6.07, 6.45) is 0. The second kappa shape index (κ2) is 3.37. The fourth-order valence-electron chi connectivity index (χ4n) is 2.10. The monoisotopic (exact) mass is 285 g/mol. The lowest BCUT2D eigenvalue weighted by Gasteiger charge is -2.17. The molecule has 1 fully saturated rings. The van der Waals surface area contributed by atoms with Gasteiger partial charge in [-0.1, -0.05) is 23.2 Å². The van der Waals surface area contributed by atoms with E-state index in [1.165, 1.54) is 12.1 Å². The predicted molar refractivity (Wildman–Crippen MR) is 63.4 cm³/mol. The number of rotatable bonds is 0. The summed E-state index contributed by atoms with van der Waals surface area (Å²) in [7, 11) is 0. The normalized spacial score (nSPS) is 24.9. The molecular weight excluding hydrogens is 281 g/mol. The van der Waals surface area contributed by atoms with Gasteiger partial charge in [0.25, 0.3) is 11.8 Å². The topological polar surface area (TPSA) is 87.3 Å². The van der Waals surface area contributed by atoms with Crippen LogP contribution in [0.5, 0.6) is 0 Å². The second-order valence-corrected chi connectivity index (χ2v) is 4.74. The van der Waals surface area contributed by atoms with Gasteiger partial charge in [-0.3, -0.25) is 14.9 Å². The Morgan fingerprint density at radius 1 is 0.944 bits per heavy atom. The minimum Gasteiger partial charge on any atom is -0.323 e. The highest BCUT2D eigenvalue weighted by Gasteiger charge is 2.58. The molecule has 8 heteroatoms. The minimum atomic E-state index is -1.75. The first-order valence-electron chi connectivity index (χ1n) is 4.90. The van der Waals surface area contributed by atoms with Crippen molar-refractivity contribution < 1.29 is 14.4 Å². The number of benzene rings is 1. The van der Waals surface area contributed by atoms with Crippen LogP contribution in [0.3, 0.4) is 0 Å². The van der Waals surface area contributed by atoms with Crippen molar-refractivity contribution in [2.45, 2.75) is 5.54 Å². The minimum absolute atomic E-state index is 0.195. The van der Waals surface area contributed by atoms with E-state index in [2.05, 4.69) is 10.6 Å². The standard InChI is InChI=1S/C10H5Cl2N3O3/c11-4-1-3-6(2-5(4)12)13-7(16)10(3)8(17)14-9(18)15-10/h1-2H,(H,13,16)(H2,14,15,17,18). The second-order valence-electron chi connectivity index (χ2n) is 3.92. The highest BCUT2D eigenvalue weighted by molar-refractivity contribution is 6.42. The van der Waals surface area contributed by atoms with E-state index >= 15 is 0 Å². The molecular formula is C10H5Cl2N3O3. The van der Waals surface area contributed by atoms with Gasteiger partial charge >= 0.3 is 6.03 Å². The molecule has 2 aliphatic rings. The van der Waals surface area contributed by atoms with Crippen LogP contribution in [0, 0.1) is 0 Å². The van der Waals surface area contributed by atoms with Crippen molar-refractivity contribution in [2.24, 2.45) is 0 Å². The van der Waals surface area contributed by atoms with Crippen LogP contribution in [0.2, 0.25) is 10.0 Å². The van der Waals surface area contributed by atoms with E-state index in [1.54, 1.807) is 0 Å². The van der Waals surface area contributed by atoms with Gasteiger partial charge in [0.1, 0.15) is 0 Å². The molecule has 18 heavy (non-hydrogen) atoms. The van der Waals surface area contributed by atoms with Crippen molar-refractivity contribution in [3.05, 3.63) is 27.7 Å². The summed E-state index contributed by atoms with van der Waals surface area (Å²) in [6, 6.07) is 2.10. The van der Waals surface area contributed by atoms with Crippen LogP contribution in [0.15, 0.2) is 12.1 Å². The first kappa shape index (κ1) is 11.3. The number of fused-ring (bicyclic) bond motifs is 2.